The third-order valence-corrected chi connectivity index (χ3v) is 4.92. The lowest BCUT2D eigenvalue weighted by molar-refractivity contribution is -0.122. The molecule has 1 aliphatic heterocycles. The summed E-state index contributed by atoms with van der Waals surface area (Å²) in [7, 11) is -2.67. The van der Waals surface area contributed by atoms with E-state index in [9.17, 15) is 18.0 Å². The molecule has 1 aromatic rings. The van der Waals surface area contributed by atoms with Crippen molar-refractivity contribution < 1.29 is 27.9 Å². The molecule has 0 saturated carbocycles. The van der Waals surface area contributed by atoms with E-state index in [0.717, 1.165) is 10.4 Å². The minimum Gasteiger partial charge on any atom is -0.495 e. The Kier molecular flexibility index (Phi) is 4.14. The van der Waals surface area contributed by atoms with E-state index >= 15 is 0 Å². The van der Waals surface area contributed by atoms with Crippen LogP contribution < -0.4 is 10.1 Å². The van der Waals surface area contributed by atoms with Gasteiger partial charge in [-0.3, -0.25) is 4.79 Å². The minimum atomic E-state index is -3.93. The fourth-order valence-electron chi connectivity index (χ4n) is 1.97. The normalized spacial score (nSPS) is 16.3. The fraction of sp³-hybridized carbons (Fsp3) is 0.333. The average Bonchev–Trinajstić information content (AvgIpc) is 2.46. The molecule has 9 heteroatoms. The third kappa shape index (κ3) is 2.98. The van der Waals surface area contributed by atoms with E-state index < -0.39 is 16.0 Å². The quantitative estimate of drug-likeness (QED) is 0.775. The molecule has 1 fully saturated rings. The lowest BCUT2D eigenvalue weighted by Crippen LogP contribution is -2.49. The third-order valence-electron chi connectivity index (χ3n) is 3.03. The Labute approximate surface area is 121 Å². The fourth-order valence-corrected chi connectivity index (χ4v) is 3.51. The van der Waals surface area contributed by atoms with Gasteiger partial charge >= 0.3 is 5.97 Å². The van der Waals surface area contributed by atoms with E-state index in [-0.39, 0.29) is 41.7 Å². The van der Waals surface area contributed by atoms with Gasteiger partial charge in [-0.2, -0.15) is 4.31 Å². The second-order valence-electron chi connectivity index (χ2n) is 4.36. The standard InChI is InChI=1S/C12H14N2O6S/c1-20-9-6-8(12(16)17)2-3-10(9)21(18,19)14-5-4-13-11(15)7-14/h2-3,6H,4-5,7H2,1H3,(H,13,15)(H,16,17). The van der Waals surface area contributed by atoms with Crippen LogP contribution in [0.5, 0.6) is 5.75 Å². The van der Waals surface area contributed by atoms with Crippen molar-refractivity contribution in [2.75, 3.05) is 26.7 Å². The monoisotopic (exact) mass is 314 g/mol. The van der Waals surface area contributed by atoms with E-state index in [1.807, 2.05) is 0 Å². The number of carbonyl (C=O) groups is 2. The van der Waals surface area contributed by atoms with Gasteiger partial charge in [-0.1, -0.05) is 0 Å². The summed E-state index contributed by atoms with van der Waals surface area (Å²) >= 11 is 0. The van der Waals surface area contributed by atoms with Gasteiger partial charge in [0, 0.05) is 13.1 Å². The molecule has 1 aromatic carbocycles. The summed E-state index contributed by atoms with van der Waals surface area (Å²) in [5.74, 6) is -1.64. The minimum absolute atomic E-state index is 0.0686. The van der Waals surface area contributed by atoms with Gasteiger partial charge < -0.3 is 15.2 Å². The number of hydrogen-bond donors (Lipinski definition) is 2. The number of hydrogen-bond acceptors (Lipinski definition) is 5. The SMILES string of the molecule is COc1cc(C(=O)O)ccc1S(=O)(=O)N1CCNC(=O)C1. The van der Waals surface area contributed by atoms with Crippen molar-refractivity contribution in [1.82, 2.24) is 9.62 Å². The highest BCUT2D eigenvalue weighted by Gasteiger charge is 2.31. The number of ether oxygens (including phenoxy) is 1. The molecule has 0 bridgehead atoms. The molecule has 1 heterocycles. The van der Waals surface area contributed by atoms with Crippen molar-refractivity contribution in [3.8, 4) is 5.75 Å². The highest BCUT2D eigenvalue weighted by atomic mass is 32.2. The Morgan fingerprint density at radius 3 is 2.71 bits per heavy atom. The average molecular weight is 314 g/mol. The van der Waals surface area contributed by atoms with Crippen LogP contribution in [0.1, 0.15) is 10.4 Å². The van der Waals surface area contributed by atoms with Crippen LogP contribution in [0.2, 0.25) is 0 Å². The predicted octanol–water partition coefficient (Wildman–Crippen LogP) is -0.486. The van der Waals surface area contributed by atoms with Crippen molar-refractivity contribution in [3.63, 3.8) is 0 Å². The Morgan fingerprint density at radius 1 is 1.43 bits per heavy atom. The maximum atomic E-state index is 12.5. The van der Waals surface area contributed by atoms with E-state index in [4.69, 9.17) is 9.84 Å². The number of carboxylic acids is 1. The first-order valence-corrected chi connectivity index (χ1v) is 7.48. The first kappa shape index (κ1) is 15.3. The van der Waals surface area contributed by atoms with Gasteiger partial charge in [-0.05, 0) is 18.2 Å². The lowest BCUT2D eigenvalue weighted by Gasteiger charge is -2.26. The number of carbonyl (C=O) groups excluding carboxylic acids is 1. The van der Waals surface area contributed by atoms with E-state index in [1.54, 1.807) is 0 Å². The van der Waals surface area contributed by atoms with Gasteiger partial charge in [0.25, 0.3) is 0 Å². The molecule has 1 saturated heterocycles. The van der Waals surface area contributed by atoms with Crippen LogP contribution >= 0.6 is 0 Å². The molecule has 8 nitrogen and oxygen atoms in total. The van der Waals surface area contributed by atoms with Crippen molar-refractivity contribution in [1.29, 1.82) is 0 Å². The number of benzene rings is 1. The maximum absolute atomic E-state index is 12.5. The molecular formula is C12H14N2O6S. The summed E-state index contributed by atoms with van der Waals surface area (Å²) in [4.78, 5) is 22.1. The van der Waals surface area contributed by atoms with Crippen LogP contribution in [0.3, 0.4) is 0 Å². The van der Waals surface area contributed by atoms with Crippen molar-refractivity contribution in [2.24, 2.45) is 0 Å². The van der Waals surface area contributed by atoms with Gasteiger partial charge in [0.1, 0.15) is 10.6 Å². The summed E-state index contributed by atoms with van der Waals surface area (Å²) in [5.41, 5.74) is -0.0813. The number of nitrogens with zero attached hydrogens (tertiary/aromatic N) is 1. The molecule has 0 radical (unpaired) electrons. The first-order valence-electron chi connectivity index (χ1n) is 6.04. The first-order chi connectivity index (χ1) is 9.86. The number of piperazine rings is 1. The van der Waals surface area contributed by atoms with Crippen LogP contribution in [-0.4, -0.2) is 56.5 Å². The van der Waals surface area contributed by atoms with Crippen LogP contribution in [0, 0.1) is 0 Å². The molecular weight excluding hydrogens is 300 g/mol. The zero-order valence-corrected chi connectivity index (χ0v) is 12.0. The smallest absolute Gasteiger partial charge is 0.335 e. The zero-order chi connectivity index (χ0) is 15.6. The van der Waals surface area contributed by atoms with E-state index in [1.165, 1.54) is 19.2 Å². The Hall–Kier alpha value is -2.13. The number of sulfonamides is 1. The molecule has 1 aliphatic rings. The molecule has 0 aliphatic carbocycles. The van der Waals surface area contributed by atoms with Crippen LogP contribution in [0.25, 0.3) is 0 Å². The van der Waals surface area contributed by atoms with Crippen molar-refractivity contribution in [3.05, 3.63) is 23.8 Å². The van der Waals surface area contributed by atoms with Crippen molar-refractivity contribution >= 4 is 21.9 Å². The number of methoxy groups -OCH3 is 1. The Balaban J connectivity index is 2.44. The zero-order valence-electron chi connectivity index (χ0n) is 11.2. The summed E-state index contributed by atoms with van der Waals surface area (Å²) in [5, 5.41) is 11.4. The van der Waals surface area contributed by atoms with Gasteiger partial charge in [-0.25, -0.2) is 13.2 Å². The summed E-state index contributed by atoms with van der Waals surface area (Å²) < 4.78 is 31.0. The van der Waals surface area contributed by atoms with Gasteiger partial charge in [0.05, 0.1) is 19.2 Å². The summed E-state index contributed by atoms with van der Waals surface area (Å²) in [6.07, 6.45) is 0. The highest BCUT2D eigenvalue weighted by molar-refractivity contribution is 7.89. The van der Waals surface area contributed by atoms with Gasteiger partial charge in [0.15, 0.2) is 0 Å². The Morgan fingerprint density at radius 2 is 2.14 bits per heavy atom. The molecule has 2 N–H and O–H groups in total. The van der Waals surface area contributed by atoms with Crippen LogP contribution in [-0.2, 0) is 14.8 Å². The van der Waals surface area contributed by atoms with Crippen molar-refractivity contribution in [2.45, 2.75) is 4.90 Å². The second-order valence-corrected chi connectivity index (χ2v) is 6.27. The molecule has 2 rings (SSSR count). The highest BCUT2D eigenvalue weighted by Crippen LogP contribution is 2.28. The number of carboxylic acid groups (broad SMARTS) is 1. The maximum Gasteiger partial charge on any atom is 0.335 e. The summed E-state index contributed by atoms with van der Waals surface area (Å²) in [6, 6.07) is 3.49. The second kappa shape index (κ2) is 5.70. The topological polar surface area (TPSA) is 113 Å². The number of aromatic carboxylic acids is 1. The summed E-state index contributed by atoms with van der Waals surface area (Å²) in [6.45, 7) is 0.109. The van der Waals surface area contributed by atoms with E-state index in [2.05, 4.69) is 5.32 Å². The predicted molar refractivity (Wildman–Crippen MR) is 71.7 cm³/mol. The van der Waals surface area contributed by atoms with Gasteiger partial charge in [-0.15, -0.1) is 0 Å². The van der Waals surface area contributed by atoms with Crippen LogP contribution in [0.15, 0.2) is 23.1 Å². The Bertz CT molecular complexity index is 685. The van der Waals surface area contributed by atoms with Gasteiger partial charge in [0.2, 0.25) is 15.9 Å². The lowest BCUT2D eigenvalue weighted by atomic mass is 10.2. The molecule has 114 valence electrons. The molecule has 1 amide bonds. The molecule has 21 heavy (non-hydrogen) atoms. The van der Waals surface area contributed by atoms with Crippen LogP contribution in [0.4, 0.5) is 0 Å². The molecule has 0 atom stereocenters. The molecule has 0 spiro atoms. The number of nitrogens with one attached hydrogen (secondary N) is 1. The van der Waals surface area contributed by atoms with E-state index in [0.29, 0.717) is 0 Å². The largest absolute Gasteiger partial charge is 0.495 e. The molecule has 0 unspecified atom stereocenters. The molecule has 0 aromatic heterocycles. The number of amides is 1. The number of rotatable bonds is 4.